The van der Waals surface area contributed by atoms with Gasteiger partial charge in [0.2, 0.25) is 0 Å². The van der Waals surface area contributed by atoms with E-state index in [0.717, 1.165) is 5.56 Å². The summed E-state index contributed by atoms with van der Waals surface area (Å²) in [5.41, 5.74) is 0.682. The smallest absolute Gasteiger partial charge is 0.304 e. The molecule has 1 unspecified atom stereocenters. The van der Waals surface area contributed by atoms with Gasteiger partial charge in [-0.15, -0.1) is 0 Å². The first-order valence-electron chi connectivity index (χ1n) is 6.46. The van der Waals surface area contributed by atoms with Gasteiger partial charge in [-0.1, -0.05) is 12.1 Å². The van der Waals surface area contributed by atoms with Gasteiger partial charge in [0.1, 0.15) is 5.82 Å². The lowest BCUT2D eigenvalue weighted by atomic mass is 9.98. The van der Waals surface area contributed by atoms with Crippen molar-refractivity contribution in [1.82, 2.24) is 4.90 Å². The number of nitrogens with zero attached hydrogens (tertiary/aromatic N) is 1. The molecule has 1 aromatic rings. The summed E-state index contributed by atoms with van der Waals surface area (Å²) in [5, 5.41) is 8.84. The molecule has 0 amide bonds. The number of hydrogen-bond acceptors (Lipinski definition) is 2. The van der Waals surface area contributed by atoms with E-state index >= 15 is 0 Å². The number of benzene rings is 1. The van der Waals surface area contributed by atoms with E-state index < -0.39 is 5.97 Å². The molecule has 0 aliphatic rings. The van der Waals surface area contributed by atoms with Gasteiger partial charge in [0.05, 0.1) is 6.42 Å². The molecule has 1 rings (SSSR count). The van der Waals surface area contributed by atoms with Crippen LogP contribution in [0.4, 0.5) is 4.39 Å². The Bertz CT molecular complexity index is 440. The SMILES string of the molecule is CC(c1cccc(F)c1)N(CCC(=O)O)C(C)(C)C. The van der Waals surface area contributed by atoms with Crippen molar-refractivity contribution >= 4 is 5.97 Å². The first kappa shape index (κ1) is 15.6. The second-order valence-electron chi connectivity index (χ2n) is 5.74. The minimum atomic E-state index is -0.819. The topological polar surface area (TPSA) is 40.5 Å². The molecule has 0 aliphatic carbocycles. The summed E-state index contributed by atoms with van der Waals surface area (Å²) in [7, 11) is 0. The number of hydrogen-bond donors (Lipinski definition) is 1. The van der Waals surface area contributed by atoms with Gasteiger partial charge < -0.3 is 5.11 Å². The standard InChI is InChI=1S/C15H22FNO2/c1-11(12-6-5-7-13(16)10-12)17(15(2,3)4)9-8-14(18)19/h5-7,10-11H,8-9H2,1-4H3,(H,18,19). The van der Waals surface area contributed by atoms with Gasteiger partial charge in [-0.05, 0) is 45.4 Å². The quantitative estimate of drug-likeness (QED) is 0.888. The maximum Gasteiger partial charge on any atom is 0.304 e. The molecule has 0 aromatic heterocycles. The van der Waals surface area contributed by atoms with Crippen LogP contribution in [0.1, 0.15) is 45.7 Å². The average molecular weight is 267 g/mol. The summed E-state index contributed by atoms with van der Waals surface area (Å²) in [6, 6.07) is 6.43. The third-order valence-electron chi connectivity index (χ3n) is 3.23. The second-order valence-corrected chi connectivity index (χ2v) is 5.74. The van der Waals surface area contributed by atoms with Crippen molar-refractivity contribution in [3.05, 3.63) is 35.6 Å². The molecule has 0 heterocycles. The molecule has 0 bridgehead atoms. The van der Waals surface area contributed by atoms with Crippen LogP contribution < -0.4 is 0 Å². The van der Waals surface area contributed by atoms with Gasteiger partial charge in [-0.25, -0.2) is 4.39 Å². The Morgan fingerprint density at radius 2 is 2.05 bits per heavy atom. The summed E-state index contributed by atoms with van der Waals surface area (Å²) in [6.45, 7) is 8.51. The highest BCUT2D eigenvalue weighted by Gasteiger charge is 2.27. The number of aliphatic carboxylic acids is 1. The van der Waals surface area contributed by atoms with Crippen LogP contribution in [0.25, 0.3) is 0 Å². The van der Waals surface area contributed by atoms with E-state index in [0.29, 0.717) is 6.54 Å². The minimum Gasteiger partial charge on any atom is -0.481 e. The molecule has 1 aromatic carbocycles. The van der Waals surface area contributed by atoms with E-state index in [-0.39, 0.29) is 23.8 Å². The van der Waals surface area contributed by atoms with Crippen LogP contribution in [-0.2, 0) is 4.79 Å². The number of halogens is 1. The molecule has 19 heavy (non-hydrogen) atoms. The van der Waals surface area contributed by atoms with Crippen LogP contribution in [0.2, 0.25) is 0 Å². The Kier molecular flexibility index (Phi) is 5.06. The van der Waals surface area contributed by atoms with Crippen molar-refractivity contribution in [3.63, 3.8) is 0 Å². The Labute approximate surface area is 114 Å². The second kappa shape index (κ2) is 6.15. The van der Waals surface area contributed by atoms with Crippen molar-refractivity contribution in [2.45, 2.75) is 45.7 Å². The van der Waals surface area contributed by atoms with Gasteiger partial charge in [0.15, 0.2) is 0 Å². The summed E-state index contributed by atoms with van der Waals surface area (Å²) in [5.74, 6) is -1.09. The molecule has 1 N–H and O–H groups in total. The van der Waals surface area contributed by atoms with Crippen LogP contribution >= 0.6 is 0 Å². The molecule has 0 saturated carbocycles. The van der Waals surface area contributed by atoms with Gasteiger partial charge in [-0.3, -0.25) is 9.69 Å². The zero-order chi connectivity index (χ0) is 14.6. The Morgan fingerprint density at radius 1 is 1.42 bits per heavy atom. The fourth-order valence-electron chi connectivity index (χ4n) is 2.27. The maximum atomic E-state index is 13.3. The van der Waals surface area contributed by atoms with Crippen molar-refractivity contribution < 1.29 is 14.3 Å². The zero-order valence-corrected chi connectivity index (χ0v) is 12.0. The minimum absolute atomic E-state index is 0.0324. The maximum absolute atomic E-state index is 13.3. The summed E-state index contributed by atoms with van der Waals surface area (Å²) >= 11 is 0. The van der Waals surface area contributed by atoms with Gasteiger partial charge in [-0.2, -0.15) is 0 Å². The molecule has 106 valence electrons. The van der Waals surface area contributed by atoms with E-state index in [9.17, 15) is 9.18 Å². The van der Waals surface area contributed by atoms with E-state index in [1.165, 1.54) is 12.1 Å². The predicted octanol–water partition coefficient (Wildman–Crippen LogP) is 3.46. The van der Waals surface area contributed by atoms with Crippen LogP contribution in [0.3, 0.4) is 0 Å². The number of carboxylic acids is 1. The zero-order valence-electron chi connectivity index (χ0n) is 12.0. The number of carboxylic acid groups (broad SMARTS) is 1. The molecular weight excluding hydrogens is 245 g/mol. The van der Waals surface area contributed by atoms with Crippen LogP contribution in [0.15, 0.2) is 24.3 Å². The lowest BCUT2D eigenvalue weighted by Crippen LogP contribution is -2.44. The van der Waals surface area contributed by atoms with Gasteiger partial charge in [0, 0.05) is 18.1 Å². The van der Waals surface area contributed by atoms with Crippen molar-refractivity contribution in [2.24, 2.45) is 0 Å². The molecule has 0 radical (unpaired) electrons. The van der Waals surface area contributed by atoms with E-state index in [1.807, 2.05) is 33.8 Å². The Morgan fingerprint density at radius 3 is 2.53 bits per heavy atom. The molecule has 0 spiro atoms. The van der Waals surface area contributed by atoms with Crippen LogP contribution in [-0.4, -0.2) is 28.1 Å². The highest BCUT2D eigenvalue weighted by atomic mass is 19.1. The first-order chi connectivity index (χ1) is 8.71. The normalized spacial score (nSPS) is 13.6. The van der Waals surface area contributed by atoms with Gasteiger partial charge >= 0.3 is 5.97 Å². The Balaban J connectivity index is 2.94. The fraction of sp³-hybridized carbons (Fsp3) is 0.533. The average Bonchev–Trinajstić information content (AvgIpc) is 2.26. The summed E-state index contributed by atoms with van der Waals surface area (Å²) in [6.07, 6.45) is 0.0803. The third-order valence-corrected chi connectivity index (χ3v) is 3.23. The van der Waals surface area contributed by atoms with Crippen LogP contribution in [0.5, 0.6) is 0 Å². The largest absolute Gasteiger partial charge is 0.481 e. The summed E-state index contributed by atoms with van der Waals surface area (Å²) in [4.78, 5) is 12.8. The molecule has 1 atom stereocenters. The molecule has 3 nitrogen and oxygen atoms in total. The molecule has 0 aliphatic heterocycles. The molecule has 0 saturated heterocycles. The number of carbonyl (C=O) groups is 1. The van der Waals surface area contributed by atoms with Crippen molar-refractivity contribution in [3.8, 4) is 0 Å². The number of rotatable bonds is 5. The molecule has 4 heteroatoms. The summed E-state index contributed by atoms with van der Waals surface area (Å²) < 4.78 is 13.3. The third kappa shape index (κ3) is 4.63. The van der Waals surface area contributed by atoms with Crippen molar-refractivity contribution in [1.29, 1.82) is 0 Å². The van der Waals surface area contributed by atoms with Crippen LogP contribution in [0, 0.1) is 5.82 Å². The van der Waals surface area contributed by atoms with E-state index in [4.69, 9.17) is 5.11 Å². The predicted molar refractivity (Wildman–Crippen MR) is 73.5 cm³/mol. The molecule has 0 fully saturated rings. The highest BCUT2D eigenvalue weighted by molar-refractivity contribution is 5.66. The van der Waals surface area contributed by atoms with Gasteiger partial charge in [0.25, 0.3) is 0 Å². The van der Waals surface area contributed by atoms with E-state index in [2.05, 4.69) is 4.90 Å². The van der Waals surface area contributed by atoms with E-state index in [1.54, 1.807) is 6.07 Å². The Hall–Kier alpha value is -1.42. The van der Waals surface area contributed by atoms with Crippen molar-refractivity contribution in [2.75, 3.05) is 6.54 Å². The monoisotopic (exact) mass is 267 g/mol. The molecular formula is C15H22FNO2. The highest BCUT2D eigenvalue weighted by Crippen LogP contribution is 2.28. The lowest BCUT2D eigenvalue weighted by Gasteiger charge is -2.40. The fourth-order valence-corrected chi connectivity index (χ4v) is 2.27. The first-order valence-corrected chi connectivity index (χ1v) is 6.46. The lowest BCUT2D eigenvalue weighted by molar-refractivity contribution is -0.137.